The number of carbonyl (C=O) groups is 1. The van der Waals surface area contributed by atoms with Gasteiger partial charge in [0, 0.05) is 13.0 Å². The molecular weight excluding hydrogens is 150 g/mol. The molecule has 0 fully saturated rings. The maximum absolute atomic E-state index is 10.6. The van der Waals surface area contributed by atoms with E-state index in [1.807, 2.05) is 6.92 Å². The largest absolute Gasteiger partial charge is 0.354 e. The van der Waals surface area contributed by atoms with E-state index in [0.29, 0.717) is 0 Å². The summed E-state index contributed by atoms with van der Waals surface area (Å²) in [5.41, 5.74) is 1.34. The van der Waals surface area contributed by atoms with Gasteiger partial charge in [-0.05, 0) is 33.6 Å². The molecule has 12 heavy (non-hydrogen) atoms. The number of carbonyl (C=O) groups excluding carboxylic acids is 1. The van der Waals surface area contributed by atoms with Gasteiger partial charge in [-0.1, -0.05) is 11.6 Å². The highest BCUT2D eigenvalue weighted by Crippen LogP contribution is 2.00. The SMILES string of the molecule is CC(=O)NC(C)CCC=C(C)C. The maximum Gasteiger partial charge on any atom is 0.217 e. The zero-order valence-electron chi connectivity index (χ0n) is 8.48. The molecule has 2 nitrogen and oxygen atoms in total. The van der Waals surface area contributed by atoms with E-state index in [1.54, 1.807) is 6.92 Å². The number of hydrogen-bond donors (Lipinski definition) is 1. The molecule has 0 saturated carbocycles. The van der Waals surface area contributed by atoms with E-state index >= 15 is 0 Å². The summed E-state index contributed by atoms with van der Waals surface area (Å²) in [6, 6.07) is 0.290. The molecule has 0 rings (SSSR count). The van der Waals surface area contributed by atoms with Crippen LogP contribution in [-0.4, -0.2) is 11.9 Å². The summed E-state index contributed by atoms with van der Waals surface area (Å²) in [5, 5.41) is 2.85. The minimum atomic E-state index is 0.0553. The third-order valence-electron chi connectivity index (χ3n) is 1.60. The molecule has 1 N–H and O–H groups in total. The average Bonchev–Trinajstić information content (AvgIpc) is 1.84. The lowest BCUT2D eigenvalue weighted by Crippen LogP contribution is -2.29. The van der Waals surface area contributed by atoms with Crippen molar-refractivity contribution < 1.29 is 4.79 Å². The fourth-order valence-corrected chi connectivity index (χ4v) is 1.04. The van der Waals surface area contributed by atoms with Gasteiger partial charge < -0.3 is 5.32 Å². The summed E-state index contributed by atoms with van der Waals surface area (Å²) in [7, 11) is 0. The van der Waals surface area contributed by atoms with Gasteiger partial charge in [-0.15, -0.1) is 0 Å². The summed E-state index contributed by atoms with van der Waals surface area (Å²) >= 11 is 0. The van der Waals surface area contributed by atoms with Gasteiger partial charge in [0.15, 0.2) is 0 Å². The van der Waals surface area contributed by atoms with Crippen molar-refractivity contribution in [1.29, 1.82) is 0 Å². The van der Waals surface area contributed by atoms with E-state index in [9.17, 15) is 4.79 Å². The highest BCUT2D eigenvalue weighted by atomic mass is 16.1. The molecule has 0 radical (unpaired) electrons. The first-order chi connectivity index (χ1) is 5.52. The van der Waals surface area contributed by atoms with Gasteiger partial charge in [-0.2, -0.15) is 0 Å². The Hall–Kier alpha value is -0.790. The molecule has 0 aliphatic carbocycles. The maximum atomic E-state index is 10.6. The summed E-state index contributed by atoms with van der Waals surface area (Å²) in [5.74, 6) is 0.0553. The molecule has 0 saturated heterocycles. The molecule has 0 bridgehead atoms. The molecule has 1 amide bonds. The van der Waals surface area contributed by atoms with Crippen molar-refractivity contribution in [3.05, 3.63) is 11.6 Å². The molecule has 2 heteroatoms. The van der Waals surface area contributed by atoms with Crippen LogP contribution in [0, 0.1) is 0 Å². The Labute approximate surface area is 75.0 Å². The van der Waals surface area contributed by atoms with Crippen molar-refractivity contribution >= 4 is 5.91 Å². The second kappa shape index (κ2) is 5.81. The van der Waals surface area contributed by atoms with Crippen molar-refractivity contribution in [3.63, 3.8) is 0 Å². The van der Waals surface area contributed by atoms with E-state index in [2.05, 4.69) is 25.2 Å². The molecule has 0 aliphatic rings. The second-order valence-electron chi connectivity index (χ2n) is 3.46. The normalized spacial score (nSPS) is 12.0. The van der Waals surface area contributed by atoms with E-state index in [-0.39, 0.29) is 11.9 Å². The van der Waals surface area contributed by atoms with Crippen LogP contribution in [-0.2, 0) is 4.79 Å². The van der Waals surface area contributed by atoms with E-state index in [1.165, 1.54) is 5.57 Å². The number of rotatable bonds is 4. The third-order valence-corrected chi connectivity index (χ3v) is 1.60. The fraction of sp³-hybridized carbons (Fsp3) is 0.700. The van der Waals surface area contributed by atoms with Crippen LogP contribution in [0.4, 0.5) is 0 Å². The zero-order valence-corrected chi connectivity index (χ0v) is 8.48. The smallest absolute Gasteiger partial charge is 0.217 e. The number of amides is 1. The predicted octanol–water partition coefficient (Wildman–Crippen LogP) is 2.26. The predicted molar refractivity (Wildman–Crippen MR) is 51.9 cm³/mol. The molecule has 70 valence electrons. The Kier molecular flexibility index (Phi) is 5.43. The van der Waals surface area contributed by atoms with Crippen LogP contribution >= 0.6 is 0 Å². The van der Waals surface area contributed by atoms with Crippen LogP contribution in [0.3, 0.4) is 0 Å². The Morgan fingerprint density at radius 1 is 1.42 bits per heavy atom. The Morgan fingerprint density at radius 3 is 2.42 bits per heavy atom. The summed E-state index contributed by atoms with van der Waals surface area (Å²) in [4.78, 5) is 10.6. The summed E-state index contributed by atoms with van der Waals surface area (Å²) < 4.78 is 0. The van der Waals surface area contributed by atoms with E-state index < -0.39 is 0 Å². The molecule has 1 atom stereocenters. The number of nitrogens with one attached hydrogen (secondary N) is 1. The Morgan fingerprint density at radius 2 is 2.00 bits per heavy atom. The fourth-order valence-electron chi connectivity index (χ4n) is 1.04. The molecule has 0 aliphatic heterocycles. The molecule has 0 aromatic heterocycles. The zero-order chi connectivity index (χ0) is 9.56. The molecule has 0 aromatic rings. The molecular formula is C10H19NO. The van der Waals surface area contributed by atoms with Gasteiger partial charge in [0.1, 0.15) is 0 Å². The van der Waals surface area contributed by atoms with Crippen LogP contribution in [0.15, 0.2) is 11.6 Å². The molecule has 0 spiro atoms. The summed E-state index contributed by atoms with van der Waals surface area (Å²) in [6.45, 7) is 7.75. The van der Waals surface area contributed by atoms with Crippen molar-refractivity contribution in [2.45, 2.75) is 46.6 Å². The van der Waals surface area contributed by atoms with Gasteiger partial charge in [-0.3, -0.25) is 4.79 Å². The van der Waals surface area contributed by atoms with Gasteiger partial charge in [0.2, 0.25) is 5.91 Å². The van der Waals surface area contributed by atoms with Crippen molar-refractivity contribution in [3.8, 4) is 0 Å². The number of allylic oxidation sites excluding steroid dienone is 2. The lowest BCUT2D eigenvalue weighted by molar-refractivity contribution is -0.119. The first-order valence-electron chi connectivity index (χ1n) is 4.43. The quantitative estimate of drug-likeness (QED) is 0.642. The van der Waals surface area contributed by atoms with Gasteiger partial charge in [0.25, 0.3) is 0 Å². The lowest BCUT2D eigenvalue weighted by atomic mass is 10.1. The van der Waals surface area contributed by atoms with Crippen LogP contribution in [0.2, 0.25) is 0 Å². The first-order valence-corrected chi connectivity index (χ1v) is 4.43. The molecule has 0 heterocycles. The lowest BCUT2D eigenvalue weighted by Gasteiger charge is -2.10. The molecule has 0 aromatic carbocycles. The van der Waals surface area contributed by atoms with Crippen molar-refractivity contribution in [2.75, 3.05) is 0 Å². The van der Waals surface area contributed by atoms with Crippen molar-refractivity contribution in [1.82, 2.24) is 5.32 Å². The van der Waals surface area contributed by atoms with E-state index in [0.717, 1.165) is 12.8 Å². The second-order valence-corrected chi connectivity index (χ2v) is 3.46. The van der Waals surface area contributed by atoms with Crippen LogP contribution < -0.4 is 5.32 Å². The highest BCUT2D eigenvalue weighted by Gasteiger charge is 2.00. The Bertz CT molecular complexity index is 169. The number of hydrogen-bond acceptors (Lipinski definition) is 1. The average molecular weight is 169 g/mol. The Balaban J connectivity index is 3.50. The monoisotopic (exact) mass is 169 g/mol. The van der Waals surface area contributed by atoms with Crippen molar-refractivity contribution in [2.24, 2.45) is 0 Å². The topological polar surface area (TPSA) is 29.1 Å². The minimum Gasteiger partial charge on any atom is -0.354 e. The minimum absolute atomic E-state index is 0.0553. The third kappa shape index (κ3) is 7.32. The standard InChI is InChI=1S/C10H19NO/c1-8(2)6-5-7-9(3)11-10(4)12/h6,9H,5,7H2,1-4H3,(H,11,12). The molecule has 1 unspecified atom stereocenters. The van der Waals surface area contributed by atoms with Crippen LogP contribution in [0.1, 0.15) is 40.5 Å². The van der Waals surface area contributed by atoms with E-state index in [4.69, 9.17) is 0 Å². The van der Waals surface area contributed by atoms with Gasteiger partial charge in [0.05, 0.1) is 0 Å². The van der Waals surface area contributed by atoms with Crippen LogP contribution in [0.25, 0.3) is 0 Å². The van der Waals surface area contributed by atoms with Gasteiger partial charge in [-0.25, -0.2) is 0 Å². The summed E-state index contributed by atoms with van der Waals surface area (Å²) in [6.07, 6.45) is 4.26. The van der Waals surface area contributed by atoms with Gasteiger partial charge >= 0.3 is 0 Å². The van der Waals surface area contributed by atoms with Crippen LogP contribution in [0.5, 0.6) is 0 Å². The first kappa shape index (κ1) is 11.2. The highest BCUT2D eigenvalue weighted by molar-refractivity contribution is 5.73.